The van der Waals surface area contributed by atoms with Gasteiger partial charge in [0.2, 0.25) is 0 Å². The second kappa shape index (κ2) is 7.23. The Morgan fingerprint density at radius 2 is 1.86 bits per heavy atom. The first-order chi connectivity index (χ1) is 9.95. The monoisotopic (exact) mass is 433 g/mol. The highest BCUT2D eigenvalue weighted by atomic mass is 79.9. The fourth-order valence-electron chi connectivity index (χ4n) is 2.32. The molecule has 0 aromatic heterocycles. The van der Waals surface area contributed by atoms with E-state index in [9.17, 15) is 4.39 Å². The van der Waals surface area contributed by atoms with Crippen molar-refractivity contribution in [1.82, 2.24) is 5.32 Å². The molecule has 0 aliphatic heterocycles. The maximum absolute atomic E-state index is 14.5. The van der Waals surface area contributed by atoms with Crippen LogP contribution in [0.3, 0.4) is 0 Å². The predicted molar refractivity (Wildman–Crippen MR) is 93.5 cm³/mol. The van der Waals surface area contributed by atoms with Crippen LogP contribution in [0.5, 0.6) is 0 Å². The molecule has 0 saturated heterocycles. The Labute approximate surface area is 146 Å². The summed E-state index contributed by atoms with van der Waals surface area (Å²) in [6, 6.07) is 9.30. The third-order valence-corrected chi connectivity index (χ3v) is 5.08. The average molecular weight is 436 g/mol. The molecular formula is C16H15Br2ClFN. The van der Waals surface area contributed by atoms with E-state index >= 15 is 0 Å². The van der Waals surface area contributed by atoms with Gasteiger partial charge in [0.25, 0.3) is 0 Å². The summed E-state index contributed by atoms with van der Waals surface area (Å²) in [5.41, 5.74) is 2.68. The highest BCUT2D eigenvalue weighted by Gasteiger charge is 2.21. The van der Waals surface area contributed by atoms with E-state index in [4.69, 9.17) is 11.6 Å². The standard InChI is InChI=1S/C16H15Br2ClFN/c1-3-21-16(11-5-4-10(17)8-9(11)2)12-6-7-13(18)14(19)15(12)20/h4-8,16,21H,3H2,1-2H3. The molecule has 2 aromatic rings. The van der Waals surface area contributed by atoms with Gasteiger partial charge in [0.1, 0.15) is 5.82 Å². The molecule has 5 heteroatoms. The zero-order valence-electron chi connectivity index (χ0n) is 11.7. The normalized spacial score (nSPS) is 12.5. The quantitative estimate of drug-likeness (QED) is 0.580. The third kappa shape index (κ3) is 3.67. The summed E-state index contributed by atoms with van der Waals surface area (Å²) in [7, 11) is 0. The first-order valence-corrected chi connectivity index (χ1v) is 8.55. The van der Waals surface area contributed by atoms with Crippen molar-refractivity contribution >= 4 is 43.5 Å². The maximum atomic E-state index is 14.5. The fourth-order valence-corrected chi connectivity index (χ4v) is 3.27. The van der Waals surface area contributed by atoms with E-state index in [1.807, 2.05) is 32.0 Å². The SMILES string of the molecule is CCNC(c1ccc(Br)cc1C)c1ccc(Br)c(Cl)c1F. The van der Waals surface area contributed by atoms with Gasteiger partial charge in [-0.05, 0) is 58.7 Å². The molecule has 1 atom stereocenters. The van der Waals surface area contributed by atoms with Crippen molar-refractivity contribution in [2.24, 2.45) is 0 Å². The van der Waals surface area contributed by atoms with Crippen LogP contribution < -0.4 is 5.32 Å². The summed E-state index contributed by atoms with van der Waals surface area (Å²) in [4.78, 5) is 0. The summed E-state index contributed by atoms with van der Waals surface area (Å²) in [6.45, 7) is 4.75. The molecule has 0 aliphatic carbocycles. The van der Waals surface area contributed by atoms with Gasteiger partial charge in [0.05, 0.1) is 11.1 Å². The molecule has 21 heavy (non-hydrogen) atoms. The van der Waals surface area contributed by atoms with Crippen LogP contribution in [-0.4, -0.2) is 6.54 Å². The summed E-state index contributed by atoms with van der Waals surface area (Å²) in [6.07, 6.45) is 0. The van der Waals surface area contributed by atoms with E-state index in [0.717, 1.165) is 22.1 Å². The molecule has 0 radical (unpaired) electrons. The third-order valence-electron chi connectivity index (χ3n) is 3.33. The van der Waals surface area contributed by atoms with E-state index in [1.54, 1.807) is 12.1 Å². The van der Waals surface area contributed by atoms with Crippen molar-refractivity contribution in [3.63, 3.8) is 0 Å². The van der Waals surface area contributed by atoms with Crippen LogP contribution in [-0.2, 0) is 0 Å². The van der Waals surface area contributed by atoms with Gasteiger partial charge in [0.15, 0.2) is 0 Å². The first kappa shape index (κ1) is 16.9. The highest BCUT2D eigenvalue weighted by molar-refractivity contribution is 9.10. The number of aryl methyl sites for hydroxylation is 1. The molecule has 0 heterocycles. The van der Waals surface area contributed by atoms with Crippen LogP contribution in [0.2, 0.25) is 5.02 Å². The molecular weight excluding hydrogens is 420 g/mol. The van der Waals surface area contributed by atoms with Gasteiger partial charge in [-0.25, -0.2) is 4.39 Å². The van der Waals surface area contributed by atoms with Crippen LogP contribution in [0.15, 0.2) is 39.3 Å². The van der Waals surface area contributed by atoms with Gasteiger partial charge in [-0.1, -0.05) is 46.6 Å². The second-order valence-corrected chi connectivity index (χ2v) is 6.90. The molecule has 1 nitrogen and oxygen atoms in total. The van der Waals surface area contributed by atoms with Gasteiger partial charge < -0.3 is 5.32 Å². The zero-order chi connectivity index (χ0) is 15.6. The minimum absolute atomic E-state index is 0.116. The van der Waals surface area contributed by atoms with Gasteiger partial charge in [0, 0.05) is 14.5 Å². The number of rotatable bonds is 4. The number of halogens is 4. The second-order valence-electron chi connectivity index (χ2n) is 4.76. The lowest BCUT2D eigenvalue weighted by molar-refractivity contribution is 0.557. The lowest BCUT2D eigenvalue weighted by Crippen LogP contribution is -2.24. The van der Waals surface area contributed by atoms with Gasteiger partial charge >= 0.3 is 0 Å². The van der Waals surface area contributed by atoms with Crippen LogP contribution >= 0.6 is 43.5 Å². The molecule has 0 saturated carbocycles. The number of hydrogen-bond donors (Lipinski definition) is 1. The maximum Gasteiger partial charge on any atom is 0.148 e. The smallest absolute Gasteiger partial charge is 0.148 e. The molecule has 2 aromatic carbocycles. The molecule has 1 unspecified atom stereocenters. The first-order valence-electron chi connectivity index (χ1n) is 6.58. The summed E-state index contributed by atoms with van der Waals surface area (Å²) >= 11 is 12.7. The minimum atomic E-state index is -0.390. The molecule has 1 N–H and O–H groups in total. The number of benzene rings is 2. The Morgan fingerprint density at radius 3 is 2.48 bits per heavy atom. The Hall–Kier alpha value is -0.420. The summed E-state index contributed by atoms with van der Waals surface area (Å²) in [5.74, 6) is -0.390. The Bertz CT molecular complexity index is 661. The van der Waals surface area contributed by atoms with Crippen molar-refractivity contribution < 1.29 is 4.39 Å². The lowest BCUT2D eigenvalue weighted by atomic mass is 9.94. The minimum Gasteiger partial charge on any atom is -0.306 e. The van der Waals surface area contributed by atoms with E-state index in [0.29, 0.717) is 10.0 Å². The molecule has 0 aliphatic rings. The van der Waals surface area contributed by atoms with Crippen LogP contribution in [0, 0.1) is 12.7 Å². The fraction of sp³-hybridized carbons (Fsp3) is 0.250. The Morgan fingerprint density at radius 1 is 1.19 bits per heavy atom. The van der Waals surface area contributed by atoms with Crippen LogP contribution in [0.4, 0.5) is 4.39 Å². The number of hydrogen-bond acceptors (Lipinski definition) is 1. The molecule has 0 spiro atoms. The average Bonchev–Trinajstić information content (AvgIpc) is 2.44. The van der Waals surface area contributed by atoms with Gasteiger partial charge in [-0.15, -0.1) is 0 Å². The van der Waals surface area contributed by atoms with E-state index in [1.165, 1.54) is 0 Å². The summed E-state index contributed by atoms with van der Waals surface area (Å²) in [5, 5.41) is 3.45. The number of nitrogens with one attached hydrogen (secondary N) is 1. The predicted octanol–water partition coefficient (Wildman–Crippen LogP) is 6.01. The van der Waals surface area contributed by atoms with Crippen molar-refractivity contribution in [1.29, 1.82) is 0 Å². The molecule has 0 bridgehead atoms. The van der Waals surface area contributed by atoms with Crippen molar-refractivity contribution in [3.05, 3.63) is 66.8 Å². The van der Waals surface area contributed by atoms with Crippen LogP contribution in [0.1, 0.15) is 29.7 Å². The van der Waals surface area contributed by atoms with E-state index in [2.05, 4.69) is 37.2 Å². The molecule has 0 fully saturated rings. The van der Waals surface area contributed by atoms with Crippen LogP contribution in [0.25, 0.3) is 0 Å². The molecule has 2 rings (SSSR count). The van der Waals surface area contributed by atoms with Gasteiger partial charge in [-0.2, -0.15) is 0 Å². The van der Waals surface area contributed by atoms with Crippen molar-refractivity contribution in [3.8, 4) is 0 Å². The van der Waals surface area contributed by atoms with Gasteiger partial charge in [-0.3, -0.25) is 0 Å². The summed E-state index contributed by atoms with van der Waals surface area (Å²) < 4.78 is 16.1. The van der Waals surface area contributed by atoms with Crippen molar-refractivity contribution in [2.75, 3.05) is 6.54 Å². The zero-order valence-corrected chi connectivity index (χ0v) is 15.6. The van der Waals surface area contributed by atoms with E-state index < -0.39 is 0 Å². The Balaban J connectivity index is 2.56. The molecule has 0 amide bonds. The molecule has 112 valence electrons. The van der Waals surface area contributed by atoms with E-state index in [-0.39, 0.29) is 16.9 Å². The van der Waals surface area contributed by atoms with Crippen molar-refractivity contribution in [2.45, 2.75) is 19.9 Å². The highest BCUT2D eigenvalue weighted by Crippen LogP contribution is 2.34. The largest absolute Gasteiger partial charge is 0.306 e. The topological polar surface area (TPSA) is 12.0 Å². The lowest BCUT2D eigenvalue weighted by Gasteiger charge is -2.22. The Kier molecular flexibility index (Phi) is 5.83.